The molecule has 0 amide bonds. The number of rotatable bonds is 2. The van der Waals surface area contributed by atoms with Gasteiger partial charge in [0.25, 0.3) is 0 Å². The van der Waals surface area contributed by atoms with Crippen molar-refractivity contribution in [3.63, 3.8) is 0 Å². The Balaban J connectivity index is 2.67. The average Bonchev–Trinajstić information content (AvgIpc) is 2.29. The van der Waals surface area contributed by atoms with E-state index in [-0.39, 0.29) is 0 Å². The van der Waals surface area contributed by atoms with Crippen LogP contribution in [-0.2, 0) is 4.79 Å². The van der Waals surface area contributed by atoms with Crippen molar-refractivity contribution >= 4 is 35.9 Å². The number of allylic oxidation sites excluding steroid dienone is 2. The first kappa shape index (κ1) is 10.6. The normalized spacial score (nSPS) is 16.1. The molecule has 2 N–H and O–H groups in total. The van der Waals surface area contributed by atoms with Crippen LogP contribution in [-0.4, -0.2) is 17.5 Å². The minimum absolute atomic E-state index is 0.347. The number of nitrogens with one attached hydrogen (secondary N) is 2. The van der Waals surface area contributed by atoms with E-state index >= 15 is 0 Å². The number of nitrogens with zero attached hydrogens (tertiary/aromatic N) is 1. The van der Waals surface area contributed by atoms with Crippen LogP contribution in [0.4, 0.5) is 0 Å². The number of hydrogen-bond donors (Lipinski definition) is 2. The molecule has 1 aromatic rings. The van der Waals surface area contributed by atoms with Crippen LogP contribution in [0, 0.1) is 5.41 Å². The second-order valence-corrected chi connectivity index (χ2v) is 3.51. The van der Waals surface area contributed by atoms with E-state index < -0.39 is 0 Å². The Bertz CT molecular complexity index is 520. The largest absolute Gasteiger partial charge is 0.352 e. The van der Waals surface area contributed by atoms with Crippen molar-refractivity contribution in [2.45, 2.75) is 0 Å². The lowest BCUT2D eigenvalue weighted by Crippen LogP contribution is -2.18. The summed E-state index contributed by atoms with van der Waals surface area (Å²) in [6.07, 6.45) is 6.64. The molecule has 0 unspecified atom stereocenters. The Morgan fingerprint density at radius 2 is 2.31 bits per heavy atom. The molecule has 0 fully saturated rings. The van der Waals surface area contributed by atoms with Gasteiger partial charge in [0, 0.05) is 18.0 Å². The van der Waals surface area contributed by atoms with Gasteiger partial charge in [-0.25, -0.2) is 4.98 Å². The molecular formula is C11H8ClN3O. The van der Waals surface area contributed by atoms with Crippen molar-refractivity contribution in [2.75, 3.05) is 0 Å². The van der Waals surface area contributed by atoms with Crippen LogP contribution in [0.1, 0.15) is 11.1 Å². The number of carbonyl (C=O) groups excluding carboxylic acids is 1. The van der Waals surface area contributed by atoms with Crippen LogP contribution in [0.25, 0.3) is 11.8 Å². The lowest BCUT2D eigenvalue weighted by molar-refractivity contribution is -0.105. The Labute approximate surface area is 97.2 Å². The van der Waals surface area contributed by atoms with Crippen molar-refractivity contribution in [2.24, 2.45) is 0 Å². The number of aldehydes is 1. The average molecular weight is 234 g/mol. The number of pyridine rings is 1. The predicted octanol–water partition coefficient (Wildman–Crippen LogP) is 1.87. The van der Waals surface area contributed by atoms with E-state index in [0.29, 0.717) is 22.1 Å². The molecular weight excluding hydrogens is 226 g/mol. The highest BCUT2D eigenvalue weighted by atomic mass is 35.5. The molecule has 0 atom stereocenters. The number of carbonyl (C=O) groups is 1. The molecule has 1 aliphatic heterocycles. The topological polar surface area (TPSA) is 65.8 Å². The van der Waals surface area contributed by atoms with E-state index in [1.807, 2.05) is 0 Å². The molecule has 0 radical (unpaired) electrons. The lowest BCUT2D eigenvalue weighted by Gasteiger charge is -2.19. The summed E-state index contributed by atoms with van der Waals surface area (Å²) in [5.74, 6) is 0. The maximum Gasteiger partial charge on any atom is 0.166 e. The number of hydrogen-bond acceptors (Lipinski definition) is 4. The van der Waals surface area contributed by atoms with Gasteiger partial charge in [0.15, 0.2) is 6.29 Å². The Morgan fingerprint density at radius 1 is 1.50 bits per heavy atom. The number of aromatic nitrogens is 1. The summed E-state index contributed by atoms with van der Waals surface area (Å²) in [5.41, 5.74) is 2.56. The third-order valence-electron chi connectivity index (χ3n) is 2.17. The highest BCUT2D eigenvalue weighted by Gasteiger charge is 2.17. The fourth-order valence-corrected chi connectivity index (χ4v) is 1.80. The summed E-state index contributed by atoms with van der Waals surface area (Å²) in [6, 6.07) is 1.77. The Kier molecular flexibility index (Phi) is 2.83. The molecule has 0 saturated heterocycles. The zero-order chi connectivity index (χ0) is 11.5. The van der Waals surface area contributed by atoms with Gasteiger partial charge in [-0.15, -0.1) is 0 Å². The number of fused-ring (bicyclic) bond motifs is 1. The zero-order valence-electron chi connectivity index (χ0n) is 8.20. The first-order valence-corrected chi connectivity index (χ1v) is 4.93. The fourth-order valence-electron chi connectivity index (χ4n) is 1.53. The maximum atomic E-state index is 10.7. The SMILES string of the molecule is N=C/C=C1\NC(C=O)=Cc2ccnc(Cl)c21. The molecule has 1 aromatic heterocycles. The molecule has 0 saturated carbocycles. The van der Waals surface area contributed by atoms with Gasteiger partial charge in [-0.05, 0) is 23.8 Å². The molecule has 5 heteroatoms. The molecule has 0 aromatic carbocycles. The van der Waals surface area contributed by atoms with Gasteiger partial charge in [-0.3, -0.25) is 4.79 Å². The zero-order valence-corrected chi connectivity index (χ0v) is 8.95. The first-order chi connectivity index (χ1) is 7.76. The van der Waals surface area contributed by atoms with E-state index in [2.05, 4.69) is 10.3 Å². The quantitative estimate of drug-likeness (QED) is 0.466. The van der Waals surface area contributed by atoms with Gasteiger partial charge >= 0.3 is 0 Å². The maximum absolute atomic E-state index is 10.7. The minimum atomic E-state index is 0.347. The minimum Gasteiger partial charge on any atom is -0.352 e. The van der Waals surface area contributed by atoms with Gasteiger partial charge in [0.05, 0.1) is 11.4 Å². The van der Waals surface area contributed by atoms with Crippen molar-refractivity contribution in [3.05, 3.63) is 40.3 Å². The molecule has 0 spiro atoms. The summed E-state index contributed by atoms with van der Waals surface area (Å²) in [5, 5.41) is 10.3. The monoisotopic (exact) mass is 233 g/mol. The van der Waals surface area contributed by atoms with Crippen LogP contribution in [0.5, 0.6) is 0 Å². The van der Waals surface area contributed by atoms with Gasteiger partial charge in [0.2, 0.25) is 0 Å². The van der Waals surface area contributed by atoms with Crippen LogP contribution in [0.3, 0.4) is 0 Å². The smallest absolute Gasteiger partial charge is 0.166 e. The van der Waals surface area contributed by atoms with Crippen LogP contribution in [0.2, 0.25) is 5.15 Å². The summed E-state index contributed by atoms with van der Waals surface area (Å²) < 4.78 is 0. The van der Waals surface area contributed by atoms with Crippen LogP contribution < -0.4 is 5.32 Å². The van der Waals surface area contributed by atoms with E-state index in [0.717, 1.165) is 18.1 Å². The molecule has 0 bridgehead atoms. The third-order valence-corrected chi connectivity index (χ3v) is 2.46. The summed E-state index contributed by atoms with van der Waals surface area (Å²) in [7, 11) is 0. The molecule has 4 nitrogen and oxygen atoms in total. The predicted molar refractivity (Wildman–Crippen MR) is 63.2 cm³/mol. The number of halogens is 1. The summed E-state index contributed by atoms with van der Waals surface area (Å²) in [6.45, 7) is 0. The second kappa shape index (κ2) is 4.28. The van der Waals surface area contributed by atoms with E-state index in [4.69, 9.17) is 17.0 Å². The van der Waals surface area contributed by atoms with Crippen molar-refractivity contribution < 1.29 is 4.79 Å². The molecule has 16 heavy (non-hydrogen) atoms. The van der Waals surface area contributed by atoms with Crippen LogP contribution in [0.15, 0.2) is 24.0 Å². The van der Waals surface area contributed by atoms with E-state index in [9.17, 15) is 4.79 Å². The van der Waals surface area contributed by atoms with Gasteiger partial charge in [-0.1, -0.05) is 11.6 Å². The summed E-state index contributed by atoms with van der Waals surface area (Å²) >= 11 is 5.98. The molecule has 2 heterocycles. The van der Waals surface area contributed by atoms with E-state index in [1.165, 1.54) is 6.08 Å². The summed E-state index contributed by atoms with van der Waals surface area (Å²) in [4.78, 5) is 14.7. The van der Waals surface area contributed by atoms with Gasteiger partial charge in [0.1, 0.15) is 5.15 Å². The highest BCUT2D eigenvalue weighted by Crippen LogP contribution is 2.29. The van der Waals surface area contributed by atoms with E-state index in [1.54, 1.807) is 18.3 Å². The molecule has 80 valence electrons. The Morgan fingerprint density at radius 3 is 3.00 bits per heavy atom. The third kappa shape index (κ3) is 1.75. The second-order valence-electron chi connectivity index (χ2n) is 3.16. The van der Waals surface area contributed by atoms with Gasteiger partial charge < -0.3 is 10.7 Å². The van der Waals surface area contributed by atoms with Crippen LogP contribution >= 0.6 is 11.6 Å². The van der Waals surface area contributed by atoms with Gasteiger partial charge in [-0.2, -0.15) is 0 Å². The molecule has 2 rings (SSSR count). The lowest BCUT2D eigenvalue weighted by atomic mass is 10.0. The van der Waals surface area contributed by atoms with Crippen molar-refractivity contribution in [1.82, 2.24) is 10.3 Å². The first-order valence-electron chi connectivity index (χ1n) is 4.56. The van der Waals surface area contributed by atoms with Crippen molar-refractivity contribution in [3.8, 4) is 0 Å². The molecule has 1 aliphatic rings. The molecule has 0 aliphatic carbocycles. The Hall–Kier alpha value is -1.94. The highest BCUT2D eigenvalue weighted by molar-refractivity contribution is 6.31. The fraction of sp³-hybridized carbons (Fsp3) is 0. The standard InChI is InChI=1S/C11H8ClN3O/c12-11-10-7(2-4-14-11)5-8(6-16)15-9(10)1-3-13/h1-6,13,15H/b9-1-,13-3?. The van der Waals surface area contributed by atoms with Crippen molar-refractivity contribution in [1.29, 1.82) is 5.41 Å².